The van der Waals surface area contributed by atoms with Crippen LogP contribution in [-0.2, 0) is 0 Å². The van der Waals surface area contributed by atoms with Crippen LogP contribution in [0.3, 0.4) is 0 Å². The van der Waals surface area contributed by atoms with Crippen LogP contribution in [0.4, 0.5) is 5.69 Å². The van der Waals surface area contributed by atoms with Gasteiger partial charge in [-0.25, -0.2) is 0 Å². The van der Waals surface area contributed by atoms with Crippen molar-refractivity contribution >= 4 is 5.69 Å². The molecule has 0 spiro atoms. The van der Waals surface area contributed by atoms with Crippen LogP contribution in [0.15, 0.2) is 138 Å². The Morgan fingerprint density at radius 2 is 1.53 bits per heavy atom. The second kappa shape index (κ2) is 10.2. The summed E-state index contributed by atoms with van der Waals surface area (Å²) in [5, 5.41) is 0. The van der Waals surface area contributed by atoms with Crippen molar-refractivity contribution in [1.82, 2.24) is 0 Å². The number of nitrogens with zero attached hydrogens (tertiary/aromatic N) is 1. The first-order chi connectivity index (χ1) is 17.7. The molecule has 0 heterocycles. The molecule has 4 atom stereocenters. The van der Waals surface area contributed by atoms with Crippen molar-refractivity contribution in [2.45, 2.75) is 38.6 Å². The Bertz CT molecular complexity index is 1300. The molecule has 0 aliphatic heterocycles. The quantitative estimate of drug-likeness (QED) is 0.422. The number of fused-ring (bicyclic) bond motifs is 1. The zero-order valence-corrected chi connectivity index (χ0v) is 21.1. The monoisotopic (exact) mass is 469 g/mol. The Balaban J connectivity index is 1.31. The Hall–Kier alpha value is -3.58. The van der Waals surface area contributed by atoms with Crippen LogP contribution in [0.25, 0.3) is 11.1 Å². The van der Waals surface area contributed by atoms with Gasteiger partial charge in [0.2, 0.25) is 0 Å². The third-order valence-corrected chi connectivity index (χ3v) is 8.05. The number of hydrogen-bond donors (Lipinski definition) is 0. The maximum atomic E-state index is 2.56. The molecule has 0 N–H and O–H groups in total. The Morgan fingerprint density at radius 3 is 2.28 bits per heavy atom. The van der Waals surface area contributed by atoms with Gasteiger partial charge in [-0.3, -0.25) is 0 Å². The second-order valence-electron chi connectivity index (χ2n) is 10.6. The van der Waals surface area contributed by atoms with E-state index in [0.29, 0.717) is 23.8 Å². The molecule has 6 rings (SSSR count). The summed E-state index contributed by atoms with van der Waals surface area (Å²) >= 11 is 0. The number of hydrogen-bond acceptors (Lipinski definition) is 1. The molecule has 4 aliphatic rings. The molecule has 0 saturated heterocycles. The van der Waals surface area contributed by atoms with Gasteiger partial charge in [-0.1, -0.05) is 110 Å². The fraction of sp³-hybridized carbons (Fsp3) is 0.257. The summed E-state index contributed by atoms with van der Waals surface area (Å²) < 4.78 is 0. The van der Waals surface area contributed by atoms with Gasteiger partial charge in [-0.05, 0) is 78.0 Å². The van der Waals surface area contributed by atoms with E-state index in [4.69, 9.17) is 0 Å². The maximum absolute atomic E-state index is 2.56. The summed E-state index contributed by atoms with van der Waals surface area (Å²) in [6.45, 7) is 2.33. The van der Waals surface area contributed by atoms with E-state index in [1.807, 2.05) is 0 Å². The zero-order chi connectivity index (χ0) is 24.3. The predicted molar refractivity (Wildman–Crippen MR) is 154 cm³/mol. The highest BCUT2D eigenvalue weighted by atomic mass is 15.2. The van der Waals surface area contributed by atoms with Gasteiger partial charge in [0.25, 0.3) is 0 Å². The van der Waals surface area contributed by atoms with Crippen LogP contribution in [0.5, 0.6) is 0 Å². The molecule has 0 bridgehead atoms. The minimum Gasteiger partial charge on any atom is -0.334 e. The van der Waals surface area contributed by atoms with Crippen LogP contribution in [0, 0.1) is 17.8 Å². The van der Waals surface area contributed by atoms with Crippen LogP contribution >= 0.6 is 0 Å². The Labute approximate surface area is 216 Å². The molecular weight excluding hydrogens is 434 g/mol. The molecule has 4 aliphatic carbocycles. The molecule has 0 radical (unpaired) electrons. The molecule has 0 amide bonds. The van der Waals surface area contributed by atoms with Crippen LogP contribution < -0.4 is 4.90 Å². The summed E-state index contributed by atoms with van der Waals surface area (Å²) in [6, 6.07) is 20.1. The fourth-order valence-corrected chi connectivity index (χ4v) is 6.03. The van der Waals surface area contributed by atoms with Gasteiger partial charge >= 0.3 is 0 Å². The lowest BCUT2D eigenvalue weighted by atomic mass is 9.79. The third-order valence-electron chi connectivity index (χ3n) is 8.05. The van der Waals surface area contributed by atoms with E-state index >= 15 is 0 Å². The number of rotatable bonds is 5. The van der Waals surface area contributed by atoms with Crippen molar-refractivity contribution in [3.05, 3.63) is 138 Å². The molecular formula is C35H35N. The minimum absolute atomic E-state index is 0.311. The maximum Gasteiger partial charge on any atom is 0.0559 e. The van der Waals surface area contributed by atoms with Crippen LogP contribution in [0.2, 0.25) is 0 Å². The van der Waals surface area contributed by atoms with Crippen molar-refractivity contribution in [3.8, 4) is 11.1 Å². The molecule has 180 valence electrons. The smallest absolute Gasteiger partial charge is 0.0559 e. The lowest BCUT2D eigenvalue weighted by molar-refractivity contribution is 0.477. The number of anilines is 1. The normalized spacial score (nSPS) is 26.6. The molecule has 0 fully saturated rings. The molecule has 2 aromatic carbocycles. The standard InChI is InChI=1S/C35H35N/c1-26-12-13-32-25-35(23-18-31(32)24-26)36(33-19-14-29(15-20-33)27-8-4-2-5-9-27)34-21-16-30(17-22-34)28-10-6-3-7-11-28/h2-10,12-17,19-21,23,25-26,28,31,34H,11,18,22,24H2,1H3. The zero-order valence-electron chi connectivity index (χ0n) is 21.1. The van der Waals surface area contributed by atoms with Gasteiger partial charge in [0.15, 0.2) is 0 Å². The summed E-state index contributed by atoms with van der Waals surface area (Å²) in [5.74, 6) is 1.85. The van der Waals surface area contributed by atoms with Crippen molar-refractivity contribution in [2.24, 2.45) is 17.8 Å². The molecule has 4 unspecified atom stereocenters. The Morgan fingerprint density at radius 1 is 0.722 bits per heavy atom. The average molecular weight is 470 g/mol. The first-order valence-corrected chi connectivity index (χ1v) is 13.5. The van der Waals surface area contributed by atoms with Crippen molar-refractivity contribution in [1.29, 1.82) is 0 Å². The minimum atomic E-state index is 0.311. The third kappa shape index (κ3) is 4.75. The fourth-order valence-electron chi connectivity index (χ4n) is 6.03. The van der Waals surface area contributed by atoms with Gasteiger partial charge in [-0.15, -0.1) is 0 Å². The van der Waals surface area contributed by atoms with Crippen molar-refractivity contribution < 1.29 is 0 Å². The SMILES string of the molecule is CC1C=CC2=CC(N(c3ccc(-c4ccccc4)cc3)C3C=CC(C4C=CC=CC4)=CC3)=CCC2C1. The average Bonchev–Trinajstić information content (AvgIpc) is 2.95. The van der Waals surface area contributed by atoms with Crippen molar-refractivity contribution in [3.63, 3.8) is 0 Å². The second-order valence-corrected chi connectivity index (χ2v) is 10.6. The first kappa shape index (κ1) is 22.9. The highest BCUT2D eigenvalue weighted by Crippen LogP contribution is 2.39. The predicted octanol–water partition coefficient (Wildman–Crippen LogP) is 8.97. The highest BCUT2D eigenvalue weighted by molar-refractivity contribution is 5.68. The van der Waals surface area contributed by atoms with E-state index in [2.05, 4.69) is 133 Å². The molecule has 0 aromatic heterocycles. The Kier molecular flexibility index (Phi) is 6.47. The molecule has 0 saturated carbocycles. The lowest BCUT2D eigenvalue weighted by Gasteiger charge is -2.37. The van der Waals surface area contributed by atoms with E-state index in [9.17, 15) is 0 Å². The van der Waals surface area contributed by atoms with E-state index < -0.39 is 0 Å². The summed E-state index contributed by atoms with van der Waals surface area (Å²) in [4.78, 5) is 2.56. The number of benzene rings is 2. The van der Waals surface area contributed by atoms with Gasteiger partial charge in [0.05, 0.1) is 6.04 Å². The largest absolute Gasteiger partial charge is 0.334 e. The van der Waals surface area contributed by atoms with Gasteiger partial charge in [0.1, 0.15) is 0 Å². The van der Waals surface area contributed by atoms with E-state index in [1.165, 1.54) is 40.1 Å². The summed E-state index contributed by atoms with van der Waals surface area (Å²) in [5.41, 5.74) is 8.06. The molecule has 1 nitrogen and oxygen atoms in total. The van der Waals surface area contributed by atoms with Gasteiger partial charge < -0.3 is 4.90 Å². The van der Waals surface area contributed by atoms with E-state index in [1.54, 1.807) is 0 Å². The van der Waals surface area contributed by atoms with Crippen molar-refractivity contribution in [2.75, 3.05) is 4.90 Å². The van der Waals surface area contributed by atoms with E-state index in [-0.39, 0.29) is 0 Å². The molecule has 36 heavy (non-hydrogen) atoms. The molecule has 1 heteroatoms. The highest BCUT2D eigenvalue weighted by Gasteiger charge is 2.27. The van der Waals surface area contributed by atoms with Crippen LogP contribution in [-0.4, -0.2) is 6.04 Å². The first-order valence-electron chi connectivity index (χ1n) is 13.5. The van der Waals surface area contributed by atoms with Gasteiger partial charge in [0, 0.05) is 17.3 Å². The summed E-state index contributed by atoms with van der Waals surface area (Å²) in [7, 11) is 0. The lowest BCUT2D eigenvalue weighted by Crippen LogP contribution is -2.34. The topological polar surface area (TPSA) is 3.24 Å². The van der Waals surface area contributed by atoms with Gasteiger partial charge in [-0.2, -0.15) is 0 Å². The molecule has 2 aromatic rings. The number of allylic oxidation sites excluding steroid dienone is 11. The van der Waals surface area contributed by atoms with E-state index in [0.717, 1.165) is 19.3 Å². The van der Waals surface area contributed by atoms with Crippen LogP contribution in [0.1, 0.15) is 32.6 Å². The summed E-state index contributed by atoms with van der Waals surface area (Å²) in [6.07, 6.45) is 30.4.